The molecule has 0 heterocycles. The summed E-state index contributed by atoms with van der Waals surface area (Å²) in [4.78, 5) is 4.43. The lowest BCUT2D eigenvalue weighted by molar-refractivity contribution is -0.0506. The van der Waals surface area contributed by atoms with Crippen molar-refractivity contribution >= 4 is 5.96 Å². The number of hydrogen-bond acceptors (Lipinski definition) is 3. The summed E-state index contributed by atoms with van der Waals surface area (Å²) >= 11 is 0. The van der Waals surface area contributed by atoms with Gasteiger partial charge in [0.25, 0.3) is 0 Å². The van der Waals surface area contributed by atoms with Gasteiger partial charge in [0.2, 0.25) is 0 Å². The number of alkyl halides is 2. The van der Waals surface area contributed by atoms with Gasteiger partial charge in [-0.2, -0.15) is 8.78 Å². The van der Waals surface area contributed by atoms with E-state index in [1.807, 2.05) is 31.2 Å². The van der Waals surface area contributed by atoms with Crippen LogP contribution in [0.4, 0.5) is 13.2 Å². The molecule has 0 amide bonds. The number of hydrogen-bond donors (Lipinski definition) is 2. The molecule has 146 valence electrons. The monoisotopic (exact) mass is 381 g/mol. The molecule has 0 saturated carbocycles. The number of nitrogens with one attached hydrogen (secondary N) is 2. The highest BCUT2D eigenvalue weighted by atomic mass is 19.3. The van der Waals surface area contributed by atoms with Gasteiger partial charge in [-0.05, 0) is 25.1 Å². The number of methoxy groups -OCH3 is 1. The number of benzene rings is 2. The highest BCUT2D eigenvalue weighted by Gasteiger charge is 2.14. The normalized spacial score (nSPS) is 11.4. The fourth-order valence-electron chi connectivity index (χ4n) is 2.43. The summed E-state index contributed by atoms with van der Waals surface area (Å²) in [5, 5.41) is 5.96. The molecule has 0 atom stereocenters. The van der Waals surface area contributed by atoms with Gasteiger partial charge < -0.3 is 20.1 Å². The van der Waals surface area contributed by atoms with Crippen molar-refractivity contribution in [2.75, 3.05) is 13.7 Å². The van der Waals surface area contributed by atoms with Crippen LogP contribution in [0.2, 0.25) is 0 Å². The minimum Gasteiger partial charge on any atom is -0.496 e. The number of para-hydroxylation sites is 1. The van der Waals surface area contributed by atoms with Crippen LogP contribution in [-0.4, -0.2) is 26.2 Å². The smallest absolute Gasteiger partial charge is 0.387 e. The van der Waals surface area contributed by atoms with Gasteiger partial charge in [0, 0.05) is 24.2 Å². The number of halogens is 3. The first-order valence-electron chi connectivity index (χ1n) is 8.41. The summed E-state index contributed by atoms with van der Waals surface area (Å²) < 4.78 is 48.8. The van der Waals surface area contributed by atoms with E-state index in [9.17, 15) is 13.2 Å². The second-order valence-corrected chi connectivity index (χ2v) is 5.46. The van der Waals surface area contributed by atoms with Crippen LogP contribution in [0.15, 0.2) is 47.5 Å². The third-order valence-corrected chi connectivity index (χ3v) is 3.67. The zero-order valence-corrected chi connectivity index (χ0v) is 15.1. The van der Waals surface area contributed by atoms with E-state index in [2.05, 4.69) is 20.4 Å². The molecule has 0 saturated heterocycles. The van der Waals surface area contributed by atoms with Crippen molar-refractivity contribution in [2.45, 2.75) is 26.6 Å². The highest BCUT2D eigenvalue weighted by Crippen LogP contribution is 2.23. The standard InChI is InChI=1S/C19H22F3N3O2/c1-3-23-19(24-11-13-7-4-5-9-16(13)26-2)25-12-14-15(20)8-6-10-17(14)27-18(21)22/h4-10,18H,3,11-12H2,1-2H3,(H2,23,24,25). The number of aliphatic imine (C=N–C) groups is 1. The van der Waals surface area contributed by atoms with Crippen molar-refractivity contribution in [3.05, 3.63) is 59.4 Å². The van der Waals surface area contributed by atoms with Crippen molar-refractivity contribution in [1.82, 2.24) is 10.6 Å². The van der Waals surface area contributed by atoms with Crippen LogP contribution in [0, 0.1) is 5.82 Å². The molecular formula is C19H22F3N3O2. The molecule has 2 rings (SSSR count). The number of rotatable bonds is 8. The zero-order chi connectivity index (χ0) is 19.6. The topological polar surface area (TPSA) is 54.9 Å². The van der Waals surface area contributed by atoms with Gasteiger partial charge in [0.15, 0.2) is 5.96 Å². The van der Waals surface area contributed by atoms with E-state index in [4.69, 9.17) is 4.74 Å². The Morgan fingerprint density at radius 2 is 1.81 bits per heavy atom. The van der Waals surface area contributed by atoms with Crippen LogP contribution in [0.5, 0.6) is 11.5 Å². The van der Waals surface area contributed by atoms with E-state index in [1.54, 1.807) is 7.11 Å². The first-order chi connectivity index (χ1) is 13.0. The summed E-state index contributed by atoms with van der Waals surface area (Å²) in [6, 6.07) is 11.3. The lowest BCUT2D eigenvalue weighted by Crippen LogP contribution is -2.37. The van der Waals surface area contributed by atoms with Crippen molar-refractivity contribution < 1.29 is 22.6 Å². The third-order valence-electron chi connectivity index (χ3n) is 3.67. The molecule has 0 bridgehead atoms. The van der Waals surface area contributed by atoms with E-state index in [0.717, 1.165) is 5.56 Å². The van der Waals surface area contributed by atoms with Gasteiger partial charge in [0.05, 0.1) is 13.7 Å². The molecule has 8 heteroatoms. The van der Waals surface area contributed by atoms with E-state index in [1.165, 1.54) is 18.2 Å². The van der Waals surface area contributed by atoms with Crippen molar-refractivity contribution in [1.29, 1.82) is 0 Å². The minimum atomic E-state index is -3.03. The first kappa shape index (κ1) is 20.4. The molecule has 0 aliphatic heterocycles. The predicted molar refractivity (Wildman–Crippen MR) is 97.7 cm³/mol. The molecule has 2 N–H and O–H groups in total. The Kier molecular flexibility index (Phi) is 7.79. The summed E-state index contributed by atoms with van der Waals surface area (Å²) in [5.74, 6) is 0.271. The van der Waals surface area contributed by atoms with Gasteiger partial charge in [-0.25, -0.2) is 9.38 Å². The van der Waals surface area contributed by atoms with E-state index in [-0.39, 0.29) is 17.9 Å². The lowest BCUT2D eigenvalue weighted by atomic mass is 10.2. The molecule has 5 nitrogen and oxygen atoms in total. The SMILES string of the molecule is CCNC(=NCc1ccccc1OC)NCc1c(F)cccc1OC(F)F. The van der Waals surface area contributed by atoms with E-state index in [0.29, 0.717) is 24.8 Å². The van der Waals surface area contributed by atoms with Crippen LogP contribution in [0.3, 0.4) is 0 Å². The van der Waals surface area contributed by atoms with Crippen molar-refractivity contribution in [3.63, 3.8) is 0 Å². The second kappa shape index (κ2) is 10.3. The Bertz CT molecular complexity index is 770. The molecule has 2 aromatic carbocycles. The van der Waals surface area contributed by atoms with Crippen molar-refractivity contribution in [3.8, 4) is 11.5 Å². The summed E-state index contributed by atoms with van der Waals surface area (Å²) in [7, 11) is 1.58. The van der Waals surface area contributed by atoms with E-state index < -0.39 is 12.4 Å². The van der Waals surface area contributed by atoms with E-state index >= 15 is 0 Å². The second-order valence-electron chi connectivity index (χ2n) is 5.46. The number of nitrogens with zero attached hydrogens (tertiary/aromatic N) is 1. The molecular weight excluding hydrogens is 359 g/mol. The van der Waals surface area contributed by atoms with Crippen LogP contribution < -0.4 is 20.1 Å². The molecule has 0 aromatic heterocycles. The third kappa shape index (κ3) is 6.09. The van der Waals surface area contributed by atoms with Gasteiger partial charge in [-0.3, -0.25) is 0 Å². The molecule has 0 unspecified atom stereocenters. The van der Waals surface area contributed by atoms with Gasteiger partial charge in [0.1, 0.15) is 17.3 Å². The molecule has 2 aromatic rings. The first-order valence-corrected chi connectivity index (χ1v) is 8.41. The van der Waals surface area contributed by atoms with Gasteiger partial charge in [-0.15, -0.1) is 0 Å². The summed E-state index contributed by atoms with van der Waals surface area (Å²) in [6.45, 7) is -0.300. The molecule has 0 fully saturated rings. The van der Waals surface area contributed by atoms with Crippen LogP contribution in [0.1, 0.15) is 18.1 Å². The number of ether oxygens (including phenoxy) is 2. The number of guanidine groups is 1. The van der Waals surface area contributed by atoms with Crippen LogP contribution in [-0.2, 0) is 13.1 Å². The largest absolute Gasteiger partial charge is 0.496 e. The fraction of sp³-hybridized carbons (Fsp3) is 0.316. The average Bonchev–Trinajstić information content (AvgIpc) is 2.65. The average molecular weight is 381 g/mol. The van der Waals surface area contributed by atoms with Gasteiger partial charge >= 0.3 is 6.61 Å². The highest BCUT2D eigenvalue weighted by molar-refractivity contribution is 5.79. The Balaban J connectivity index is 2.13. The summed E-state index contributed by atoms with van der Waals surface area (Å²) in [5.41, 5.74) is 0.880. The maximum atomic E-state index is 14.0. The molecule has 0 aliphatic carbocycles. The quantitative estimate of drug-likeness (QED) is 0.541. The van der Waals surface area contributed by atoms with Gasteiger partial charge in [-0.1, -0.05) is 24.3 Å². The van der Waals surface area contributed by atoms with Crippen LogP contribution in [0.25, 0.3) is 0 Å². The van der Waals surface area contributed by atoms with Crippen molar-refractivity contribution in [2.24, 2.45) is 4.99 Å². The maximum absolute atomic E-state index is 14.0. The summed E-state index contributed by atoms with van der Waals surface area (Å²) in [6.07, 6.45) is 0. The molecule has 0 radical (unpaired) electrons. The fourth-order valence-corrected chi connectivity index (χ4v) is 2.43. The Labute approximate surface area is 156 Å². The molecule has 27 heavy (non-hydrogen) atoms. The Morgan fingerprint density at radius 1 is 1.07 bits per heavy atom. The molecule has 0 spiro atoms. The maximum Gasteiger partial charge on any atom is 0.387 e. The minimum absolute atomic E-state index is 0.000643. The lowest BCUT2D eigenvalue weighted by Gasteiger charge is -2.15. The Hall–Kier alpha value is -2.90. The van der Waals surface area contributed by atoms with Crippen LogP contribution >= 0.6 is 0 Å². The zero-order valence-electron chi connectivity index (χ0n) is 15.1. The predicted octanol–water partition coefficient (Wildman–Crippen LogP) is 3.69. The molecule has 0 aliphatic rings. The Morgan fingerprint density at radius 3 is 2.52 bits per heavy atom.